The molecule has 3 nitrogen and oxygen atoms in total. The SMILES string of the molecule is OC1(CNc2ccc(C(F)(F)F)cc2)CCNCC1. The van der Waals surface area contributed by atoms with E-state index < -0.39 is 17.3 Å². The van der Waals surface area contributed by atoms with E-state index in [2.05, 4.69) is 10.6 Å². The highest BCUT2D eigenvalue weighted by atomic mass is 19.4. The van der Waals surface area contributed by atoms with Gasteiger partial charge in [0.05, 0.1) is 11.2 Å². The Morgan fingerprint density at radius 2 is 1.74 bits per heavy atom. The number of anilines is 1. The summed E-state index contributed by atoms with van der Waals surface area (Å²) in [7, 11) is 0. The quantitative estimate of drug-likeness (QED) is 0.792. The third-order valence-electron chi connectivity index (χ3n) is 3.37. The van der Waals surface area contributed by atoms with Crippen LogP contribution in [-0.2, 0) is 6.18 Å². The lowest BCUT2D eigenvalue weighted by Crippen LogP contribution is -2.46. The molecule has 0 spiro atoms. The Morgan fingerprint density at radius 1 is 1.16 bits per heavy atom. The Kier molecular flexibility index (Phi) is 4.01. The first kappa shape index (κ1) is 14.1. The van der Waals surface area contributed by atoms with Gasteiger partial charge in [-0.05, 0) is 50.2 Å². The van der Waals surface area contributed by atoms with Crippen LogP contribution in [0.25, 0.3) is 0 Å². The molecule has 1 aliphatic heterocycles. The van der Waals surface area contributed by atoms with Gasteiger partial charge in [-0.15, -0.1) is 0 Å². The predicted octanol–water partition coefficient (Wildman–Crippen LogP) is 2.23. The molecular formula is C13H17F3N2O. The summed E-state index contributed by atoms with van der Waals surface area (Å²) in [5.41, 5.74) is -0.868. The highest BCUT2D eigenvalue weighted by Crippen LogP contribution is 2.30. The molecule has 0 bridgehead atoms. The molecule has 1 heterocycles. The summed E-state index contributed by atoms with van der Waals surface area (Å²) in [6.45, 7) is 1.86. The molecule has 0 amide bonds. The Bertz CT molecular complexity index is 411. The van der Waals surface area contributed by atoms with Gasteiger partial charge in [-0.1, -0.05) is 0 Å². The zero-order chi connectivity index (χ0) is 13.9. The zero-order valence-corrected chi connectivity index (χ0v) is 10.4. The van der Waals surface area contributed by atoms with E-state index in [1.165, 1.54) is 12.1 Å². The van der Waals surface area contributed by atoms with Gasteiger partial charge in [-0.3, -0.25) is 0 Å². The highest BCUT2D eigenvalue weighted by molar-refractivity contribution is 5.45. The van der Waals surface area contributed by atoms with Crippen LogP contribution in [0, 0.1) is 0 Å². The fraction of sp³-hybridized carbons (Fsp3) is 0.538. The van der Waals surface area contributed by atoms with Gasteiger partial charge in [0, 0.05) is 12.2 Å². The average molecular weight is 274 g/mol. The van der Waals surface area contributed by atoms with E-state index in [-0.39, 0.29) is 0 Å². The first-order valence-electron chi connectivity index (χ1n) is 6.23. The lowest BCUT2D eigenvalue weighted by Gasteiger charge is -2.33. The van der Waals surface area contributed by atoms with Crippen molar-refractivity contribution in [2.75, 3.05) is 25.0 Å². The molecule has 19 heavy (non-hydrogen) atoms. The molecule has 0 saturated carbocycles. The normalized spacial score (nSPS) is 19.2. The lowest BCUT2D eigenvalue weighted by molar-refractivity contribution is -0.137. The van der Waals surface area contributed by atoms with Crippen molar-refractivity contribution in [1.29, 1.82) is 0 Å². The minimum atomic E-state index is -4.31. The summed E-state index contributed by atoms with van der Waals surface area (Å²) in [6, 6.07) is 4.84. The number of halogens is 3. The Balaban J connectivity index is 1.93. The fourth-order valence-corrected chi connectivity index (χ4v) is 2.11. The van der Waals surface area contributed by atoms with Crippen molar-refractivity contribution >= 4 is 5.69 Å². The molecule has 6 heteroatoms. The number of piperidine rings is 1. The topological polar surface area (TPSA) is 44.3 Å². The standard InChI is InChI=1S/C13H17F3N2O/c14-13(15,16)10-1-3-11(4-2-10)18-9-12(19)5-7-17-8-6-12/h1-4,17-19H,5-9H2. The van der Waals surface area contributed by atoms with Gasteiger partial charge < -0.3 is 15.7 Å². The number of benzene rings is 1. The molecule has 0 unspecified atom stereocenters. The van der Waals surface area contributed by atoms with Gasteiger partial charge in [0.2, 0.25) is 0 Å². The van der Waals surface area contributed by atoms with Gasteiger partial charge >= 0.3 is 6.18 Å². The van der Waals surface area contributed by atoms with Crippen molar-refractivity contribution in [1.82, 2.24) is 5.32 Å². The van der Waals surface area contributed by atoms with E-state index in [4.69, 9.17) is 0 Å². The summed E-state index contributed by atoms with van der Waals surface area (Å²) in [6.07, 6.45) is -3.03. The van der Waals surface area contributed by atoms with E-state index in [1.807, 2.05) is 0 Å². The smallest absolute Gasteiger partial charge is 0.388 e. The van der Waals surface area contributed by atoms with E-state index in [0.29, 0.717) is 25.1 Å². The molecule has 106 valence electrons. The largest absolute Gasteiger partial charge is 0.416 e. The van der Waals surface area contributed by atoms with Gasteiger partial charge in [0.25, 0.3) is 0 Å². The highest BCUT2D eigenvalue weighted by Gasteiger charge is 2.30. The third-order valence-corrected chi connectivity index (χ3v) is 3.37. The van der Waals surface area contributed by atoms with Crippen LogP contribution >= 0.6 is 0 Å². The zero-order valence-electron chi connectivity index (χ0n) is 10.4. The Labute approximate surface area is 109 Å². The molecule has 0 atom stereocenters. The van der Waals surface area contributed by atoms with E-state index in [0.717, 1.165) is 25.2 Å². The fourth-order valence-electron chi connectivity index (χ4n) is 2.11. The predicted molar refractivity (Wildman–Crippen MR) is 67.0 cm³/mol. The molecule has 0 aromatic heterocycles. The van der Waals surface area contributed by atoms with E-state index in [9.17, 15) is 18.3 Å². The molecule has 1 fully saturated rings. The number of aliphatic hydroxyl groups is 1. The molecule has 1 aromatic carbocycles. The van der Waals surface area contributed by atoms with Gasteiger partial charge in [0.15, 0.2) is 0 Å². The summed E-state index contributed by atoms with van der Waals surface area (Å²) in [5, 5.41) is 16.4. The minimum Gasteiger partial charge on any atom is -0.388 e. The molecule has 1 saturated heterocycles. The monoisotopic (exact) mass is 274 g/mol. The van der Waals surface area contributed by atoms with Crippen molar-refractivity contribution < 1.29 is 18.3 Å². The number of hydrogen-bond acceptors (Lipinski definition) is 3. The van der Waals surface area contributed by atoms with Crippen LogP contribution in [0.4, 0.5) is 18.9 Å². The molecule has 0 radical (unpaired) electrons. The maximum Gasteiger partial charge on any atom is 0.416 e. The maximum atomic E-state index is 12.4. The van der Waals surface area contributed by atoms with Crippen LogP contribution in [-0.4, -0.2) is 30.3 Å². The number of alkyl halides is 3. The van der Waals surface area contributed by atoms with Crippen LogP contribution in [0.3, 0.4) is 0 Å². The second-order valence-corrected chi connectivity index (χ2v) is 4.90. The van der Waals surface area contributed by atoms with Gasteiger partial charge in [-0.25, -0.2) is 0 Å². The number of hydrogen-bond donors (Lipinski definition) is 3. The second kappa shape index (κ2) is 5.38. The summed E-state index contributed by atoms with van der Waals surface area (Å²) in [4.78, 5) is 0. The second-order valence-electron chi connectivity index (χ2n) is 4.90. The molecule has 1 aliphatic rings. The van der Waals surface area contributed by atoms with Crippen molar-refractivity contribution in [3.63, 3.8) is 0 Å². The number of rotatable bonds is 3. The van der Waals surface area contributed by atoms with Crippen molar-refractivity contribution in [2.24, 2.45) is 0 Å². The third kappa shape index (κ3) is 3.84. The van der Waals surface area contributed by atoms with Crippen LogP contribution in [0.2, 0.25) is 0 Å². The van der Waals surface area contributed by atoms with Crippen molar-refractivity contribution in [3.8, 4) is 0 Å². The first-order valence-corrected chi connectivity index (χ1v) is 6.23. The molecule has 0 aliphatic carbocycles. The lowest BCUT2D eigenvalue weighted by atomic mass is 9.92. The molecule has 1 aromatic rings. The summed E-state index contributed by atoms with van der Waals surface area (Å²) < 4.78 is 37.2. The molecule has 3 N–H and O–H groups in total. The molecular weight excluding hydrogens is 257 g/mol. The van der Waals surface area contributed by atoms with Crippen LogP contribution in [0.5, 0.6) is 0 Å². The van der Waals surface area contributed by atoms with Crippen LogP contribution in [0.15, 0.2) is 24.3 Å². The Hall–Kier alpha value is -1.27. The maximum absolute atomic E-state index is 12.4. The van der Waals surface area contributed by atoms with Crippen LogP contribution in [0.1, 0.15) is 18.4 Å². The van der Waals surface area contributed by atoms with Crippen molar-refractivity contribution in [3.05, 3.63) is 29.8 Å². The summed E-state index contributed by atoms with van der Waals surface area (Å²) in [5.74, 6) is 0. The van der Waals surface area contributed by atoms with E-state index in [1.54, 1.807) is 0 Å². The average Bonchev–Trinajstić information content (AvgIpc) is 2.37. The first-order chi connectivity index (χ1) is 8.89. The molecule has 2 rings (SSSR count). The van der Waals surface area contributed by atoms with Crippen molar-refractivity contribution in [2.45, 2.75) is 24.6 Å². The van der Waals surface area contributed by atoms with Gasteiger partial charge in [-0.2, -0.15) is 13.2 Å². The summed E-state index contributed by atoms with van der Waals surface area (Å²) >= 11 is 0. The van der Waals surface area contributed by atoms with Crippen LogP contribution < -0.4 is 10.6 Å². The number of nitrogens with one attached hydrogen (secondary N) is 2. The van der Waals surface area contributed by atoms with Gasteiger partial charge in [0.1, 0.15) is 0 Å². The van der Waals surface area contributed by atoms with E-state index >= 15 is 0 Å². The Morgan fingerprint density at radius 3 is 2.26 bits per heavy atom. The minimum absolute atomic E-state index is 0.347.